The van der Waals surface area contributed by atoms with E-state index in [4.69, 9.17) is 5.73 Å². The summed E-state index contributed by atoms with van der Waals surface area (Å²) < 4.78 is 0. The van der Waals surface area contributed by atoms with Gasteiger partial charge in [-0.05, 0) is 18.2 Å². The van der Waals surface area contributed by atoms with Crippen LogP contribution in [0.2, 0.25) is 0 Å². The second kappa shape index (κ2) is 4.75. The van der Waals surface area contributed by atoms with Crippen LogP contribution in [0.25, 0.3) is 0 Å². The van der Waals surface area contributed by atoms with Crippen LogP contribution in [0.5, 0.6) is 0 Å². The number of nitrogens with one attached hydrogen (secondary N) is 1. The smallest absolute Gasteiger partial charge is 0.263 e. The van der Waals surface area contributed by atoms with Gasteiger partial charge in [0.05, 0.1) is 0 Å². The summed E-state index contributed by atoms with van der Waals surface area (Å²) in [4.78, 5) is 27.8. The van der Waals surface area contributed by atoms with Crippen molar-refractivity contribution >= 4 is 17.3 Å². The standard InChI is InChI=1S/C13H13N3O2/c1-16(10-4-2-3-9(14)7-10)13(18)11-8-15-6-5-12(11)17/h2-8H,14H2,1H3,(H,15,17). The van der Waals surface area contributed by atoms with Gasteiger partial charge < -0.3 is 15.6 Å². The Balaban J connectivity index is 2.35. The minimum atomic E-state index is -0.373. The molecule has 5 nitrogen and oxygen atoms in total. The molecule has 18 heavy (non-hydrogen) atoms. The zero-order chi connectivity index (χ0) is 13.1. The fraction of sp³-hybridized carbons (Fsp3) is 0.0769. The molecule has 0 aliphatic heterocycles. The van der Waals surface area contributed by atoms with Crippen molar-refractivity contribution in [3.63, 3.8) is 0 Å². The average Bonchev–Trinajstić information content (AvgIpc) is 2.37. The quantitative estimate of drug-likeness (QED) is 0.779. The summed E-state index contributed by atoms with van der Waals surface area (Å²) in [6.45, 7) is 0. The van der Waals surface area contributed by atoms with Gasteiger partial charge in [0, 0.05) is 36.9 Å². The molecule has 1 aromatic carbocycles. The van der Waals surface area contributed by atoms with Crippen molar-refractivity contribution in [1.82, 2.24) is 4.98 Å². The molecule has 92 valence electrons. The summed E-state index contributed by atoms with van der Waals surface area (Å²) in [7, 11) is 1.60. The molecule has 1 amide bonds. The highest BCUT2D eigenvalue weighted by atomic mass is 16.2. The molecule has 3 N–H and O–H groups in total. The van der Waals surface area contributed by atoms with Crippen molar-refractivity contribution in [2.45, 2.75) is 0 Å². The molecule has 0 unspecified atom stereocenters. The molecule has 0 atom stereocenters. The van der Waals surface area contributed by atoms with Gasteiger partial charge in [0.15, 0.2) is 5.43 Å². The zero-order valence-electron chi connectivity index (χ0n) is 9.88. The van der Waals surface area contributed by atoms with Crippen molar-refractivity contribution in [3.05, 3.63) is 58.5 Å². The Morgan fingerprint density at radius 2 is 2.11 bits per heavy atom. The number of hydrogen-bond donors (Lipinski definition) is 2. The van der Waals surface area contributed by atoms with E-state index in [1.54, 1.807) is 31.3 Å². The maximum absolute atomic E-state index is 12.1. The van der Waals surface area contributed by atoms with E-state index in [0.29, 0.717) is 11.4 Å². The number of rotatable bonds is 2. The van der Waals surface area contributed by atoms with Gasteiger partial charge in [-0.25, -0.2) is 0 Å². The molecule has 0 bridgehead atoms. The highest BCUT2D eigenvalue weighted by Crippen LogP contribution is 2.17. The van der Waals surface area contributed by atoms with Gasteiger partial charge in [0.1, 0.15) is 5.56 Å². The van der Waals surface area contributed by atoms with Crippen LogP contribution in [0.4, 0.5) is 11.4 Å². The number of H-pyrrole nitrogens is 1. The van der Waals surface area contributed by atoms with Gasteiger partial charge >= 0.3 is 0 Å². The highest BCUT2D eigenvalue weighted by molar-refractivity contribution is 6.05. The molecule has 2 rings (SSSR count). The van der Waals surface area contributed by atoms with E-state index in [-0.39, 0.29) is 16.9 Å². The highest BCUT2D eigenvalue weighted by Gasteiger charge is 2.16. The van der Waals surface area contributed by atoms with Crippen molar-refractivity contribution < 1.29 is 4.79 Å². The fourth-order valence-corrected chi connectivity index (χ4v) is 1.61. The molecular weight excluding hydrogens is 230 g/mol. The first-order valence-corrected chi connectivity index (χ1v) is 5.40. The second-order valence-electron chi connectivity index (χ2n) is 3.88. The Hall–Kier alpha value is -2.56. The van der Waals surface area contributed by atoms with Gasteiger partial charge in [-0.3, -0.25) is 9.59 Å². The molecule has 0 aliphatic carbocycles. The number of nitrogen functional groups attached to an aromatic ring is 1. The first-order chi connectivity index (χ1) is 8.59. The van der Waals surface area contributed by atoms with Crippen LogP contribution in [0, 0.1) is 0 Å². The maximum Gasteiger partial charge on any atom is 0.263 e. The van der Waals surface area contributed by atoms with E-state index in [9.17, 15) is 9.59 Å². The molecular formula is C13H13N3O2. The molecule has 0 spiro atoms. The van der Waals surface area contributed by atoms with Gasteiger partial charge in [-0.15, -0.1) is 0 Å². The monoisotopic (exact) mass is 243 g/mol. The molecule has 0 radical (unpaired) electrons. The van der Waals surface area contributed by atoms with Crippen LogP contribution in [0.15, 0.2) is 47.5 Å². The molecule has 5 heteroatoms. The molecule has 0 fully saturated rings. The normalized spacial score (nSPS) is 10.1. The number of carbonyl (C=O) groups excluding carboxylic acids is 1. The number of carbonyl (C=O) groups is 1. The Bertz CT molecular complexity index is 634. The van der Waals surface area contributed by atoms with Crippen LogP contribution < -0.4 is 16.1 Å². The minimum absolute atomic E-state index is 0.0995. The van der Waals surface area contributed by atoms with Crippen LogP contribution in [0.1, 0.15) is 10.4 Å². The lowest BCUT2D eigenvalue weighted by Crippen LogP contribution is -2.30. The average molecular weight is 243 g/mol. The summed E-state index contributed by atoms with van der Waals surface area (Å²) in [5.74, 6) is -0.373. The third-order valence-corrected chi connectivity index (χ3v) is 2.62. The number of hydrogen-bond acceptors (Lipinski definition) is 3. The number of nitrogens with zero attached hydrogens (tertiary/aromatic N) is 1. The van der Waals surface area contributed by atoms with Crippen molar-refractivity contribution in [2.75, 3.05) is 17.7 Å². The topological polar surface area (TPSA) is 79.2 Å². The Kier molecular flexibility index (Phi) is 3.14. The predicted molar refractivity (Wildman–Crippen MR) is 70.7 cm³/mol. The summed E-state index contributed by atoms with van der Waals surface area (Å²) in [6, 6.07) is 8.24. The molecule has 1 heterocycles. The van der Waals surface area contributed by atoms with E-state index < -0.39 is 0 Å². The summed E-state index contributed by atoms with van der Waals surface area (Å²) in [5.41, 5.74) is 6.65. The van der Waals surface area contributed by atoms with E-state index in [2.05, 4.69) is 4.98 Å². The molecule has 0 saturated carbocycles. The Labute approximate surface area is 104 Å². The number of pyridine rings is 1. The summed E-state index contributed by atoms with van der Waals surface area (Å²) >= 11 is 0. The number of amides is 1. The number of nitrogens with two attached hydrogens (primary N) is 1. The van der Waals surface area contributed by atoms with Crippen LogP contribution in [-0.4, -0.2) is 17.9 Å². The fourth-order valence-electron chi connectivity index (χ4n) is 1.61. The van der Waals surface area contributed by atoms with E-state index >= 15 is 0 Å². The third-order valence-electron chi connectivity index (χ3n) is 2.62. The number of aromatic amines is 1. The molecule has 1 aromatic heterocycles. The third kappa shape index (κ3) is 2.24. The minimum Gasteiger partial charge on any atom is -0.399 e. The van der Waals surface area contributed by atoms with E-state index in [1.807, 2.05) is 0 Å². The number of benzene rings is 1. The number of anilines is 2. The zero-order valence-corrected chi connectivity index (χ0v) is 9.88. The van der Waals surface area contributed by atoms with Gasteiger partial charge in [0.2, 0.25) is 0 Å². The lowest BCUT2D eigenvalue weighted by atomic mass is 10.2. The van der Waals surface area contributed by atoms with Crippen LogP contribution >= 0.6 is 0 Å². The number of aromatic nitrogens is 1. The van der Waals surface area contributed by atoms with Crippen molar-refractivity contribution in [1.29, 1.82) is 0 Å². The molecule has 2 aromatic rings. The Morgan fingerprint density at radius 3 is 2.78 bits per heavy atom. The van der Waals surface area contributed by atoms with Gasteiger partial charge in [0.25, 0.3) is 5.91 Å². The lowest BCUT2D eigenvalue weighted by Gasteiger charge is -2.17. The SMILES string of the molecule is CN(C(=O)c1c[nH]ccc1=O)c1cccc(N)c1. The summed E-state index contributed by atoms with van der Waals surface area (Å²) in [5, 5.41) is 0. The predicted octanol–water partition coefficient (Wildman–Crippen LogP) is 1.23. The van der Waals surface area contributed by atoms with Gasteiger partial charge in [-0.2, -0.15) is 0 Å². The van der Waals surface area contributed by atoms with Gasteiger partial charge in [-0.1, -0.05) is 6.07 Å². The first-order valence-electron chi connectivity index (χ1n) is 5.40. The van der Waals surface area contributed by atoms with Crippen molar-refractivity contribution in [2.24, 2.45) is 0 Å². The maximum atomic E-state index is 12.1. The van der Waals surface area contributed by atoms with Crippen LogP contribution in [0.3, 0.4) is 0 Å². The largest absolute Gasteiger partial charge is 0.399 e. The summed E-state index contributed by atoms with van der Waals surface area (Å²) in [6.07, 6.45) is 2.88. The van der Waals surface area contributed by atoms with E-state index in [0.717, 1.165) is 0 Å². The van der Waals surface area contributed by atoms with E-state index in [1.165, 1.54) is 23.4 Å². The first kappa shape index (κ1) is 11.9. The molecule has 0 aliphatic rings. The lowest BCUT2D eigenvalue weighted by molar-refractivity contribution is 0.0991. The van der Waals surface area contributed by atoms with Crippen LogP contribution in [-0.2, 0) is 0 Å². The molecule has 0 saturated heterocycles. The second-order valence-corrected chi connectivity index (χ2v) is 3.88. The van der Waals surface area contributed by atoms with Crippen molar-refractivity contribution in [3.8, 4) is 0 Å². The Morgan fingerprint density at radius 1 is 1.33 bits per heavy atom.